The van der Waals surface area contributed by atoms with E-state index in [2.05, 4.69) is 9.89 Å². The molecular weight excluding hydrogens is 225 g/mol. The third-order valence-electron chi connectivity index (χ3n) is 1.32. The first-order valence-corrected chi connectivity index (χ1v) is 5.80. The maximum absolute atomic E-state index is 11.9. The topological polar surface area (TPSA) is 94.4 Å². The van der Waals surface area contributed by atoms with E-state index in [1.54, 1.807) is 13.8 Å². The Kier molecular flexibility index (Phi) is 6.15. The number of nitrogens with zero attached hydrogens (tertiary/aromatic N) is 1. The number of oxime groups is 1. The van der Waals surface area contributed by atoms with Crippen molar-refractivity contribution in [1.29, 1.82) is 0 Å². The molecule has 15 heavy (non-hydrogen) atoms. The molecule has 88 valence electrons. The number of hydrogen-bond donors (Lipinski definition) is 1. The van der Waals surface area contributed by atoms with Gasteiger partial charge in [0.05, 0.1) is 20.3 Å². The Bertz CT molecular complexity index is 279. The third-order valence-corrected chi connectivity index (χ3v) is 3.31. The highest BCUT2D eigenvalue weighted by atomic mass is 31.2. The second kappa shape index (κ2) is 6.55. The summed E-state index contributed by atoms with van der Waals surface area (Å²) in [6.45, 7) is 3.23. The standard InChI is InChI=1S/C7H14NO6P/c1-4-13-15(11,14-5-2)6(8-10)7(9)12-3/h10H,4-5H2,1-3H3/b8-6+. The van der Waals surface area contributed by atoms with Gasteiger partial charge in [0.1, 0.15) is 0 Å². The average Bonchev–Trinajstić information content (AvgIpc) is 2.19. The van der Waals surface area contributed by atoms with Crippen LogP contribution in [0.1, 0.15) is 13.8 Å². The van der Waals surface area contributed by atoms with Crippen molar-refractivity contribution >= 4 is 19.0 Å². The summed E-state index contributed by atoms with van der Waals surface area (Å²) in [7, 11) is -2.81. The summed E-state index contributed by atoms with van der Waals surface area (Å²) in [4.78, 5) is 11.1. The summed E-state index contributed by atoms with van der Waals surface area (Å²) in [5, 5.41) is 11.2. The van der Waals surface area contributed by atoms with Gasteiger partial charge in [0.2, 0.25) is 0 Å². The van der Waals surface area contributed by atoms with Crippen LogP contribution in [0.2, 0.25) is 0 Å². The molecule has 0 aromatic rings. The minimum absolute atomic E-state index is 0.0489. The molecule has 0 unspecified atom stereocenters. The van der Waals surface area contributed by atoms with Gasteiger partial charge in [-0.15, -0.1) is 0 Å². The Balaban J connectivity index is 5.04. The van der Waals surface area contributed by atoms with Gasteiger partial charge in [-0.05, 0) is 13.8 Å². The average molecular weight is 239 g/mol. The number of carbonyl (C=O) groups is 1. The molecule has 0 spiro atoms. The van der Waals surface area contributed by atoms with E-state index in [1.807, 2.05) is 0 Å². The Morgan fingerprint density at radius 3 is 2.07 bits per heavy atom. The lowest BCUT2D eigenvalue weighted by Crippen LogP contribution is -2.19. The summed E-state index contributed by atoms with van der Waals surface area (Å²) in [6.07, 6.45) is 0. The maximum Gasteiger partial charge on any atom is 0.390 e. The third kappa shape index (κ3) is 3.62. The molecular formula is C7H14NO6P. The number of hydrogen-bond acceptors (Lipinski definition) is 7. The van der Waals surface area contributed by atoms with Crippen LogP contribution in [-0.4, -0.2) is 37.0 Å². The van der Waals surface area contributed by atoms with Crippen molar-refractivity contribution in [2.24, 2.45) is 5.16 Å². The minimum atomic E-state index is -3.88. The molecule has 0 aliphatic carbocycles. The second-order valence-electron chi connectivity index (χ2n) is 2.25. The van der Waals surface area contributed by atoms with Crippen LogP contribution in [0.3, 0.4) is 0 Å². The molecule has 0 bridgehead atoms. The van der Waals surface area contributed by atoms with E-state index in [4.69, 9.17) is 14.3 Å². The van der Waals surface area contributed by atoms with Crippen LogP contribution in [-0.2, 0) is 23.1 Å². The monoisotopic (exact) mass is 239 g/mol. The molecule has 0 heterocycles. The van der Waals surface area contributed by atoms with Crippen molar-refractivity contribution in [3.05, 3.63) is 0 Å². The van der Waals surface area contributed by atoms with E-state index >= 15 is 0 Å². The molecule has 0 aliphatic rings. The Hall–Kier alpha value is -0.910. The van der Waals surface area contributed by atoms with Gasteiger partial charge >= 0.3 is 13.6 Å². The number of methoxy groups -OCH3 is 1. The highest BCUT2D eigenvalue weighted by molar-refractivity contribution is 7.75. The number of ether oxygens (including phenoxy) is 1. The van der Waals surface area contributed by atoms with Gasteiger partial charge in [0, 0.05) is 0 Å². The zero-order valence-corrected chi connectivity index (χ0v) is 9.69. The van der Waals surface area contributed by atoms with Gasteiger partial charge in [-0.2, -0.15) is 0 Å². The molecule has 0 radical (unpaired) electrons. The minimum Gasteiger partial charge on any atom is -0.464 e. The second-order valence-corrected chi connectivity index (χ2v) is 4.18. The molecule has 0 rings (SSSR count). The van der Waals surface area contributed by atoms with E-state index in [0.29, 0.717) is 0 Å². The first-order chi connectivity index (χ1) is 7.05. The van der Waals surface area contributed by atoms with Gasteiger partial charge in [-0.3, -0.25) is 4.57 Å². The Morgan fingerprint density at radius 1 is 1.33 bits per heavy atom. The van der Waals surface area contributed by atoms with Crippen molar-refractivity contribution in [2.45, 2.75) is 13.8 Å². The predicted octanol–water partition coefficient (Wildman–Crippen LogP) is 1.21. The van der Waals surface area contributed by atoms with Crippen molar-refractivity contribution in [2.75, 3.05) is 20.3 Å². The summed E-state index contributed by atoms with van der Waals surface area (Å²) < 4.78 is 25.8. The summed E-state index contributed by atoms with van der Waals surface area (Å²) >= 11 is 0. The molecule has 0 amide bonds. The number of carbonyl (C=O) groups excluding carboxylic acids is 1. The lowest BCUT2D eigenvalue weighted by Gasteiger charge is -2.15. The van der Waals surface area contributed by atoms with Gasteiger partial charge in [0.25, 0.3) is 5.45 Å². The van der Waals surface area contributed by atoms with Crippen LogP contribution in [0.4, 0.5) is 0 Å². The van der Waals surface area contributed by atoms with E-state index in [0.717, 1.165) is 7.11 Å². The lowest BCUT2D eigenvalue weighted by molar-refractivity contribution is -0.132. The van der Waals surface area contributed by atoms with Gasteiger partial charge in [-0.1, -0.05) is 5.16 Å². The highest BCUT2D eigenvalue weighted by Crippen LogP contribution is 2.49. The Morgan fingerprint density at radius 2 is 1.80 bits per heavy atom. The first kappa shape index (κ1) is 14.1. The van der Waals surface area contributed by atoms with Gasteiger partial charge in [0.15, 0.2) is 0 Å². The zero-order valence-electron chi connectivity index (χ0n) is 8.80. The lowest BCUT2D eigenvalue weighted by atomic mass is 10.7. The van der Waals surface area contributed by atoms with E-state index in [1.165, 1.54) is 0 Å². The zero-order chi connectivity index (χ0) is 11.9. The largest absolute Gasteiger partial charge is 0.464 e. The van der Waals surface area contributed by atoms with Crippen molar-refractivity contribution in [1.82, 2.24) is 0 Å². The van der Waals surface area contributed by atoms with Crippen molar-refractivity contribution in [3.63, 3.8) is 0 Å². The molecule has 8 heteroatoms. The fourth-order valence-electron chi connectivity index (χ4n) is 0.798. The molecule has 7 nitrogen and oxygen atoms in total. The number of esters is 1. The van der Waals surface area contributed by atoms with E-state index in [-0.39, 0.29) is 13.2 Å². The molecule has 0 saturated carbocycles. The van der Waals surface area contributed by atoms with Crippen LogP contribution in [0.15, 0.2) is 5.16 Å². The maximum atomic E-state index is 11.9. The summed E-state index contributed by atoms with van der Waals surface area (Å²) in [5.74, 6) is -1.05. The molecule has 1 N–H and O–H groups in total. The summed E-state index contributed by atoms with van der Waals surface area (Å²) in [6, 6.07) is 0. The fraction of sp³-hybridized carbons (Fsp3) is 0.714. The fourth-order valence-corrected chi connectivity index (χ4v) is 2.22. The highest BCUT2D eigenvalue weighted by Gasteiger charge is 2.38. The van der Waals surface area contributed by atoms with Crippen LogP contribution in [0, 0.1) is 0 Å². The normalized spacial score (nSPS) is 12.6. The van der Waals surface area contributed by atoms with Crippen LogP contribution >= 0.6 is 7.60 Å². The first-order valence-electron chi connectivity index (χ1n) is 4.25. The van der Waals surface area contributed by atoms with Crippen LogP contribution in [0.25, 0.3) is 0 Å². The van der Waals surface area contributed by atoms with Crippen LogP contribution in [0.5, 0.6) is 0 Å². The smallest absolute Gasteiger partial charge is 0.390 e. The molecule has 0 aromatic heterocycles. The molecule has 0 fully saturated rings. The SMILES string of the molecule is CCOP(=O)(OCC)/C(=N/O)C(=O)OC. The quantitative estimate of drug-likeness (QED) is 0.246. The number of rotatable bonds is 6. The predicted molar refractivity (Wildman–Crippen MR) is 52.1 cm³/mol. The van der Waals surface area contributed by atoms with E-state index in [9.17, 15) is 9.36 Å². The molecule has 0 atom stereocenters. The molecule has 0 aromatic carbocycles. The van der Waals surface area contributed by atoms with Crippen molar-refractivity contribution in [3.8, 4) is 0 Å². The molecule has 0 aliphatic heterocycles. The van der Waals surface area contributed by atoms with Crippen molar-refractivity contribution < 1.29 is 28.4 Å². The van der Waals surface area contributed by atoms with Gasteiger partial charge < -0.3 is 19.0 Å². The van der Waals surface area contributed by atoms with Crippen LogP contribution < -0.4 is 0 Å². The van der Waals surface area contributed by atoms with E-state index < -0.39 is 19.0 Å². The summed E-state index contributed by atoms with van der Waals surface area (Å²) in [5.41, 5.74) is -0.756. The molecule has 0 saturated heterocycles. The Labute approximate surface area is 87.5 Å². The van der Waals surface area contributed by atoms with Gasteiger partial charge in [-0.25, -0.2) is 4.79 Å².